The first-order valence-electron chi connectivity index (χ1n) is 4.47. The summed E-state index contributed by atoms with van der Waals surface area (Å²) in [4.78, 5) is 10.5. The number of nitro benzene ring substituents is 1. The van der Waals surface area contributed by atoms with E-state index in [1.165, 1.54) is 6.08 Å². The average molecular weight is 191 g/mol. The second kappa shape index (κ2) is 4.05. The molecule has 0 heterocycles. The maximum Gasteiger partial charge on any atom is 0.279 e. The lowest BCUT2D eigenvalue weighted by Gasteiger charge is -2.07. The van der Waals surface area contributed by atoms with Crippen LogP contribution in [0.1, 0.15) is 30.9 Å². The summed E-state index contributed by atoms with van der Waals surface area (Å²) in [6.07, 6.45) is 1.52. The molecular formula is C11H13NO2. The summed E-state index contributed by atoms with van der Waals surface area (Å²) in [6.45, 7) is 7.45. The van der Waals surface area contributed by atoms with Gasteiger partial charge < -0.3 is 0 Å². The molecule has 1 aromatic carbocycles. The maximum atomic E-state index is 10.9. The van der Waals surface area contributed by atoms with E-state index in [1.807, 2.05) is 19.9 Å². The SMILES string of the molecule is C=Cc1cccc(C(C)C)c1[N+](=O)[O-]. The molecule has 0 aliphatic carbocycles. The molecule has 3 nitrogen and oxygen atoms in total. The van der Waals surface area contributed by atoms with Crippen LogP contribution >= 0.6 is 0 Å². The fraction of sp³-hybridized carbons (Fsp3) is 0.273. The predicted molar refractivity (Wildman–Crippen MR) is 57.3 cm³/mol. The monoisotopic (exact) mass is 191 g/mol. The Labute approximate surface area is 83.2 Å². The molecule has 0 fully saturated rings. The fourth-order valence-electron chi connectivity index (χ4n) is 1.42. The highest BCUT2D eigenvalue weighted by molar-refractivity contribution is 5.63. The average Bonchev–Trinajstić information content (AvgIpc) is 2.16. The first kappa shape index (κ1) is 10.4. The molecular weight excluding hydrogens is 178 g/mol. The van der Waals surface area contributed by atoms with Gasteiger partial charge in [-0.1, -0.05) is 38.6 Å². The lowest BCUT2D eigenvalue weighted by Crippen LogP contribution is -1.99. The highest BCUT2D eigenvalue weighted by atomic mass is 16.6. The Balaban J connectivity index is 3.43. The number of rotatable bonds is 3. The highest BCUT2D eigenvalue weighted by Crippen LogP contribution is 2.30. The molecule has 0 bridgehead atoms. The normalized spacial score (nSPS) is 10.2. The summed E-state index contributed by atoms with van der Waals surface area (Å²) in [5.41, 5.74) is 1.52. The van der Waals surface area contributed by atoms with Crippen LogP contribution in [-0.2, 0) is 0 Å². The van der Waals surface area contributed by atoms with E-state index >= 15 is 0 Å². The van der Waals surface area contributed by atoms with Gasteiger partial charge in [0.1, 0.15) is 0 Å². The number of benzene rings is 1. The van der Waals surface area contributed by atoms with E-state index in [2.05, 4.69) is 6.58 Å². The number of hydrogen-bond donors (Lipinski definition) is 0. The van der Waals surface area contributed by atoms with Crippen molar-refractivity contribution in [3.05, 3.63) is 46.0 Å². The molecule has 0 spiro atoms. The summed E-state index contributed by atoms with van der Waals surface area (Å²) in [5.74, 6) is 0.148. The van der Waals surface area contributed by atoms with Crippen molar-refractivity contribution in [2.45, 2.75) is 19.8 Å². The second-order valence-electron chi connectivity index (χ2n) is 3.40. The highest BCUT2D eigenvalue weighted by Gasteiger charge is 2.19. The zero-order valence-electron chi connectivity index (χ0n) is 8.36. The first-order chi connectivity index (χ1) is 6.57. The van der Waals surface area contributed by atoms with Gasteiger partial charge in [-0.25, -0.2) is 0 Å². The van der Waals surface area contributed by atoms with E-state index in [9.17, 15) is 10.1 Å². The molecule has 0 saturated heterocycles. The lowest BCUT2D eigenvalue weighted by molar-refractivity contribution is -0.385. The number of hydrogen-bond acceptors (Lipinski definition) is 2. The van der Waals surface area contributed by atoms with Crippen LogP contribution < -0.4 is 0 Å². The van der Waals surface area contributed by atoms with Crippen LogP contribution in [0.3, 0.4) is 0 Å². The van der Waals surface area contributed by atoms with Crippen LogP contribution in [0, 0.1) is 10.1 Å². The third-order valence-electron chi connectivity index (χ3n) is 2.12. The molecule has 14 heavy (non-hydrogen) atoms. The number of para-hydroxylation sites is 1. The van der Waals surface area contributed by atoms with Crippen molar-refractivity contribution in [3.8, 4) is 0 Å². The standard InChI is InChI=1S/C11H13NO2/c1-4-9-6-5-7-10(8(2)3)11(9)12(13)14/h4-8H,1H2,2-3H3. The Morgan fingerprint density at radius 2 is 2.14 bits per heavy atom. The summed E-state index contributed by atoms with van der Waals surface area (Å²) >= 11 is 0. The van der Waals surface area contributed by atoms with Crippen molar-refractivity contribution in [1.29, 1.82) is 0 Å². The molecule has 0 amide bonds. The van der Waals surface area contributed by atoms with Crippen molar-refractivity contribution < 1.29 is 4.92 Å². The van der Waals surface area contributed by atoms with Crippen molar-refractivity contribution >= 4 is 11.8 Å². The van der Waals surface area contributed by atoms with Gasteiger partial charge in [0.2, 0.25) is 0 Å². The summed E-state index contributed by atoms with van der Waals surface area (Å²) in [6, 6.07) is 5.31. The minimum atomic E-state index is -0.341. The minimum Gasteiger partial charge on any atom is -0.258 e. The molecule has 1 rings (SSSR count). The van der Waals surface area contributed by atoms with Gasteiger partial charge in [0.25, 0.3) is 5.69 Å². The molecule has 3 heteroatoms. The van der Waals surface area contributed by atoms with Crippen molar-refractivity contribution in [2.75, 3.05) is 0 Å². The van der Waals surface area contributed by atoms with Crippen LogP contribution in [0.25, 0.3) is 6.08 Å². The Kier molecular flexibility index (Phi) is 3.02. The lowest BCUT2D eigenvalue weighted by atomic mass is 9.98. The molecule has 74 valence electrons. The molecule has 0 atom stereocenters. The topological polar surface area (TPSA) is 43.1 Å². The molecule has 0 aliphatic heterocycles. The van der Waals surface area contributed by atoms with Crippen molar-refractivity contribution in [2.24, 2.45) is 0 Å². The summed E-state index contributed by atoms with van der Waals surface area (Å²) < 4.78 is 0. The Hall–Kier alpha value is -1.64. The second-order valence-corrected chi connectivity index (χ2v) is 3.40. The summed E-state index contributed by atoms with van der Waals surface area (Å²) in [5, 5.41) is 10.9. The Bertz CT molecular complexity index is 370. The number of nitro groups is 1. The number of nitrogens with zero attached hydrogens (tertiary/aromatic N) is 1. The van der Waals surface area contributed by atoms with E-state index in [4.69, 9.17) is 0 Å². The van der Waals surface area contributed by atoms with E-state index in [0.29, 0.717) is 5.56 Å². The van der Waals surface area contributed by atoms with Crippen LogP contribution in [0.15, 0.2) is 24.8 Å². The van der Waals surface area contributed by atoms with Gasteiger partial charge in [-0.05, 0) is 12.0 Å². The maximum absolute atomic E-state index is 10.9. The molecule has 0 unspecified atom stereocenters. The van der Waals surface area contributed by atoms with E-state index < -0.39 is 0 Å². The molecule has 0 N–H and O–H groups in total. The van der Waals surface area contributed by atoms with Crippen molar-refractivity contribution in [3.63, 3.8) is 0 Å². The molecule has 0 aliphatic rings. The van der Waals surface area contributed by atoms with Gasteiger partial charge >= 0.3 is 0 Å². The van der Waals surface area contributed by atoms with Crippen LogP contribution in [-0.4, -0.2) is 4.92 Å². The summed E-state index contributed by atoms with van der Waals surface area (Å²) in [7, 11) is 0. The quantitative estimate of drug-likeness (QED) is 0.543. The largest absolute Gasteiger partial charge is 0.279 e. The van der Waals surface area contributed by atoms with Gasteiger partial charge in [-0.2, -0.15) is 0 Å². The van der Waals surface area contributed by atoms with Crippen molar-refractivity contribution in [1.82, 2.24) is 0 Å². The van der Waals surface area contributed by atoms with Crippen LogP contribution in [0.5, 0.6) is 0 Å². The van der Waals surface area contributed by atoms with Gasteiger partial charge in [-0.3, -0.25) is 10.1 Å². The van der Waals surface area contributed by atoms with Gasteiger partial charge in [-0.15, -0.1) is 0 Å². The predicted octanol–water partition coefficient (Wildman–Crippen LogP) is 3.36. The third-order valence-corrected chi connectivity index (χ3v) is 2.12. The molecule has 1 aromatic rings. The smallest absolute Gasteiger partial charge is 0.258 e. The van der Waals surface area contributed by atoms with E-state index in [0.717, 1.165) is 5.56 Å². The van der Waals surface area contributed by atoms with E-state index in [-0.39, 0.29) is 16.5 Å². The van der Waals surface area contributed by atoms with Gasteiger partial charge in [0.05, 0.1) is 10.5 Å². The third kappa shape index (κ3) is 1.82. The zero-order chi connectivity index (χ0) is 10.7. The van der Waals surface area contributed by atoms with Gasteiger partial charge in [0, 0.05) is 5.56 Å². The van der Waals surface area contributed by atoms with E-state index in [1.54, 1.807) is 12.1 Å². The van der Waals surface area contributed by atoms with Crippen LogP contribution in [0.4, 0.5) is 5.69 Å². The first-order valence-corrected chi connectivity index (χ1v) is 4.47. The Morgan fingerprint density at radius 1 is 1.50 bits per heavy atom. The van der Waals surface area contributed by atoms with Gasteiger partial charge in [0.15, 0.2) is 0 Å². The van der Waals surface area contributed by atoms with Crippen LogP contribution in [0.2, 0.25) is 0 Å². The zero-order valence-corrected chi connectivity index (χ0v) is 8.36. The molecule has 0 radical (unpaired) electrons. The fourth-order valence-corrected chi connectivity index (χ4v) is 1.42. The Morgan fingerprint density at radius 3 is 2.57 bits per heavy atom. The molecule has 0 aromatic heterocycles. The molecule has 0 saturated carbocycles. The minimum absolute atomic E-state index is 0.148.